The Balaban J connectivity index is 1.68. The molecule has 3 atom stereocenters. The molecule has 0 heterocycles. The van der Waals surface area contributed by atoms with Crippen molar-refractivity contribution in [2.75, 3.05) is 0 Å². The molecule has 5 rings (SSSR count). The highest BCUT2D eigenvalue weighted by atomic mass is 16.3. The lowest BCUT2D eigenvalue weighted by molar-refractivity contribution is -0.147. The predicted octanol–water partition coefficient (Wildman–Crippen LogP) is 1.55. The highest BCUT2D eigenvalue weighted by molar-refractivity contribution is 6.22. The molecule has 0 saturated heterocycles. The second-order valence-electron chi connectivity index (χ2n) is 9.29. The van der Waals surface area contributed by atoms with Gasteiger partial charge in [0.2, 0.25) is 5.78 Å². The number of rotatable bonds is 3. The van der Waals surface area contributed by atoms with E-state index in [1.807, 2.05) is 24.3 Å². The lowest BCUT2D eigenvalue weighted by atomic mass is 9.59. The van der Waals surface area contributed by atoms with Crippen LogP contribution in [-0.4, -0.2) is 43.5 Å². The Hall–Kier alpha value is -3.95. The molecule has 0 unspecified atom stereocenters. The van der Waals surface area contributed by atoms with Crippen molar-refractivity contribution in [3.8, 4) is 16.9 Å². The summed E-state index contributed by atoms with van der Waals surface area (Å²) in [5.41, 5.74) is 10.6. The molecule has 180 valence electrons. The molecule has 1 amide bonds. The zero-order valence-electron chi connectivity index (χ0n) is 18.6. The van der Waals surface area contributed by atoms with Gasteiger partial charge in [-0.15, -0.1) is 0 Å². The Morgan fingerprint density at radius 3 is 2.34 bits per heavy atom. The first kappa shape index (κ1) is 22.8. The summed E-state index contributed by atoms with van der Waals surface area (Å²) in [5, 5.41) is 43.7. The van der Waals surface area contributed by atoms with Gasteiger partial charge in [0.1, 0.15) is 22.8 Å². The second kappa shape index (κ2) is 7.79. The first-order valence-corrected chi connectivity index (χ1v) is 11.2. The van der Waals surface area contributed by atoms with Gasteiger partial charge < -0.3 is 31.9 Å². The number of nitrogens with two attached hydrogens (primary N) is 2. The van der Waals surface area contributed by atoms with Crippen molar-refractivity contribution in [1.82, 2.24) is 0 Å². The van der Waals surface area contributed by atoms with Crippen molar-refractivity contribution >= 4 is 23.2 Å². The van der Waals surface area contributed by atoms with E-state index in [1.165, 1.54) is 6.07 Å². The zero-order valence-corrected chi connectivity index (χ0v) is 18.6. The quantitative estimate of drug-likeness (QED) is 0.360. The third-order valence-corrected chi connectivity index (χ3v) is 7.45. The molecule has 2 aromatic carbocycles. The van der Waals surface area contributed by atoms with Crippen molar-refractivity contribution in [2.24, 2.45) is 23.3 Å². The first-order chi connectivity index (χ1) is 16.6. The molecular weight excluding hydrogens is 452 g/mol. The van der Waals surface area contributed by atoms with Gasteiger partial charge >= 0.3 is 0 Å². The van der Waals surface area contributed by atoms with Crippen molar-refractivity contribution < 1.29 is 34.8 Å². The van der Waals surface area contributed by atoms with Crippen LogP contribution in [0, 0.1) is 11.8 Å². The molecular formula is C26H24N2O7. The highest BCUT2D eigenvalue weighted by Crippen LogP contribution is 2.53. The Labute approximate surface area is 200 Å². The summed E-state index contributed by atoms with van der Waals surface area (Å²) in [6.07, 6.45) is -0.0176. The Morgan fingerprint density at radius 2 is 1.71 bits per heavy atom. The summed E-state index contributed by atoms with van der Waals surface area (Å²) in [4.78, 5) is 37.7. The highest BCUT2D eigenvalue weighted by Gasteiger charge is 2.60. The fourth-order valence-corrected chi connectivity index (χ4v) is 5.71. The van der Waals surface area contributed by atoms with Crippen LogP contribution >= 0.6 is 0 Å². The fourth-order valence-electron chi connectivity index (χ4n) is 5.71. The molecule has 0 bridgehead atoms. The van der Waals surface area contributed by atoms with Crippen molar-refractivity contribution in [1.29, 1.82) is 0 Å². The van der Waals surface area contributed by atoms with E-state index in [0.717, 1.165) is 16.7 Å². The van der Waals surface area contributed by atoms with Gasteiger partial charge in [-0.1, -0.05) is 30.3 Å². The van der Waals surface area contributed by atoms with E-state index in [0.29, 0.717) is 12.1 Å². The number of ketones is 2. The molecule has 2 aromatic rings. The van der Waals surface area contributed by atoms with Gasteiger partial charge in [0.05, 0.1) is 5.56 Å². The van der Waals surface area contributed by atoms with Crippen LogP contribution in [0.4, 0.5) is 0 Å². The number of phenolic OH excluding ortho intramolecular Hbond substituents is 1. The van der Waals surface area contributed by atoms with Crippen molar-refractivity contribution in [2.45, 2.75) is 31.4 Å². The number of Topliss-reactive ketones (excluding diaryl/α,β-unsaturated/α-hetero) is 2. The first-order valence-electron chi connectivity index (χ1n) is 11.2. The summed E-state index contributed by atoms with van der Waals surface area (Å²) < 4.78 is 0. The average Bonchev–Trinajstić information content (AvgIpc) is 2.81. The number of primary amides is 1. The van der Waals surface area contributed by atoms with E-state index in [4.69, 9.17) is 11.5 Å². The predicted molar refractivity (Wildman–Crippen MR) is 125 cm³/mol. The molecule has 8 N–H and O–H groups in total. The topological polar surface area (TPSA) is 184 Å². The molecule has 0 radical (unpaired) electrons. The molecule has 3 aliphatic rings. The smallest absolute Gasteiger partial charge is 0.255 e. The van der Waals surface area contributed by atoms with Gasteiger partial charge in [-0.25, -0.2) is 0 Å². The molecule has 9 heteroatoms. The number of phenols is 1. The minimum Gasteiger partial charge on any atom is -0.508 e. The Kier molecular flexibility index (Phi) is 5.08. The number of hydrogen-bond donors (Lipinski definition) is 6. The number of aliphatic hydroxyl groups is 3. The summed E-state index contributed by atoms with van der Waals surface area (Å²) >= 11 is 0. The summed E-state index contributed by atoms with van der Waals surface area (Å²) in [7, 11) is 0. The molecule has 1 fully saturated rings. The maximum absolute atomic E-state index is 13.5. The van der Waals surface area contributed by atoms with Crippen LogP contribution in [-0.2, 0) is 27.3 Å². The van der Waals surface area contributed by atoms with Gasteiger partial charge in [-0.05, 0) is 47.1 Å². The number of carbonyl (C=O) groups is 3. The number of amides is 1. The minimum absolute atomic E-state index is 0.0672. The van der Waals surface area contributed by atoms with Gasteiger partial charge in [0.15, 0.2) is 11.4 Å². The van der Waals surface area contributed by atoms with E-state index in [-0.39, 0.29) is 36.1 Å². The van der Waals surface area contributed by atoms with E-state index in [2.05, 4.69) is 0 Å². The molecule has 0 spiro atoms. The number of benzene rings is 2. The van der Waals surface area contributed by atoms with Crippen LogP contribution in [0.5, 0.6) is 5.75 Å². The monoisotopic (exact) mass is 476 g/mol. The second-order valence-corrected chi connectivity index (χ2v) is 9.29. The lowest BCUT2D eigenvalue weighted by Crippen LogP contribution is -2.58. The summed E-state index contributed by atoms with van der Waals surface area (Å²) in [5.74, 6) is -6.42. The fraction of sp³-hybridized carbons (Fsp3) is 0.269. The third-order valence-electron chi connectivity index (χ3n) is 7.45. The van der Waals surface area contributed by atoms with Crippen LogP contribution in [0.1, 0.15) is 29.5 Å². The van der Waals surface area contributed by atoms with Crippen LogP contribution < -0.4 is 11.5 Å². The van der Waals surface area contributed by atoms with Crippen LogP contribution in [0.2, 0.25) is 0 Å². The zero-order chi connectivity index (χ0) is 25.2. The lowest BCUT2D eigenvalue weighted by Gasteiger charge is -2.46. The maximum Gasteiger partial charge on any atom is 0.255 e. The maximum atomic E-state index is 13.5. The van der Waals surface area contributed by atoms with Crippen LogP contribution in [0.15, 0.2) is 53.3 Å². The van der Waals surface area contributed by atoms with Crippen molar-refractivity contribution in [3.05, 3.63) is 70.0 Å². The van der Waals surface area contributed by atoms with Crippen LogP contribution in [0.25, 0.3) is 16.9 Å². The van der Waals surface area contributed by atoms with E-state index in [1.54, 1.807) is 6.07 Å². The van der Waals surface area contributed by atoms with Crippen LogP contribution in [0.3, 0.4) is 0 Å². The van der Waals surface area contributed by atoms with E-state index in [9.17, 15) is 34.8 Å². The van der Waals surface area contributed by atoms with Gasteiger partial charge in [-0.2, -0.15) is 0 Å². The SMILES string of the molecule is NCc1ccc(-c2ccc(O)c3c2C[C@H]2C[C@H]4CC(=O)C(C(N)=O)=C(O)[C@@]4(O)C(=O)C2=C3O)cc1. The molecule has 9 nitrogen and oxygen atoms in total. The van der Waals surface area contributed by atoms with Gasteiger partial charge in [-0.3, -0.25) is 14.4 Å². The summed E-state index contributed by atoms with van der Waals surface area (Å²) in [6.45, 7) is 0.382. The molecule has 1 saturated carbocycles. The van der Waals surface area contributed by atoms with Gasteiger partial charge in [0.25, 0.3) is 5.91 Å². The number of hydrogen-bond acceptors (Lipinski definition) is 8. The normalized spacial score (nSPS) is 25.8. The minimum atomic E-state index is -2.57. The van der Waals surface area contributed by atoms with Gasteiger partial charge in [0, 0.05) is 24.5 Å². The third kappa shape index (κ3) is 3.12. The van der Waals surface area contributed by atoms with E-state index < -0.39 is 52.0 Å². The van der Waals surface area contributed by atoms with E-state index >= 15 is 0 Å². The Morgan fingerprint density at radius 1 is 1.03 bits per heavy atom. The molecule has 0 aromatic heterocycles. The Bertz CT molecular complexity index is 1370. The number of aliphatic hydroxyl groups excluding tert-OH is 2. The average molecular weight is 476 g/mol. The number of carbonyl (C=O) groups excluding carboxylic acids is 3. The van der Waals surface area contributed by atoms with Crippen molar-refractivity contribution in [3.63, 3.8) is 0 Å². The standard InChI is InChI=1S/C26H24N2O7/c27-10-11-1-3-12(4-2-11)15-5-6-17(29)20-16(15)8-13-7-14-9-18(30)21(25(28)34)24(33)26(14,35)23(32)19(13)22(20)31/h1-6,13-14,29,31,33,35H,7-10,27H2,(H2,28,34)/t13-,14+,26+/m1/s1. The largest absolute Gasteiger partial charge is 0.508 e. The molecule has 0 aliphatic heterocycles. The number of fused-ring (bicyclic) bond motifs is 3. The molecule has 3 aliphatic carbocycles. The number of aromatic hydroxyl groups is 1. The summed E-state index contributed by atoms with van der Waals surface area (Å²) in [6, 6.07) is 10.6. The molecule has 35 heavy (non-hydrogen) atoms.